The molecule has 2 aromatic rings. The molecule has 100 valence electrons. The fourth-order valence-electron chi connectivity index (χ4n) is 1.71. The molecular formula is C13H13ClN2O3. The average molecular weight is 281 g/mol. The highest BCUT2D eigenvalue weighted by molar-refractivity contribution is 6.31. The van der Waals surface area contributed by atoms with Crippen LogP contribution < -0.4 is 5.32 Å². The Morgan fingerprint density at radius 2 is 2.26 bits per heavy atom. The van der Waals surface area contributed by atoms with E-state index < -0.39 is 4.92 Å². The van der Waals surface area contributed by atoms with Gasteiger partial charge in [-0.3, -0.25) is 10.1 Å². The maximum atomic E-state index is 10.7. The summed E-state index contributed by atoms with van der Waals surface area (Å²) in [6, 6.07) is 8.09. The van der Waals surface area contributed by atoms with Gasteiger partial charge >= 0.3 is 0 Å². The van der Waals surface area contributed by atoms with Crippen LogP contribution in [0.2, 0.25) is 5.02 Å². The van der Waals surface area contributed by atoms with Crippen LogP contribution in [0.5, 0.6) is 0 Å². The number of non-ortho nitro benzene ring substituents is 1. The van der Waals surface area contributed by atoms with Crippen molar-refractivity contribution in [1.82, 2.24) is 5.32 Å². The number of rotatable bonds is 5. The number of nitrogens with one attached hydrogen (secondary N) is 1. The fourth-order valence-corrected chi connectivity index (χ4v) is 1.90. The number of nitrogens with zero attached hydrogens (tertiary/aromatic N) is 1. The molecule has 1 aromatic carbocycles. The van der Waals surface area contributed by atoms with Crippen LogP contribution in [0.25, 0.3) is 0 Å². The largest absolute Gasteiger partial charge is 0.468 e. The maximum absolute atomic E-state index is 10.7. The fraction of sp³-hybridized carbons (Fsp3) is 0.231. The highest BCUT2D eigenvalue weighted by Crippen LogP contribution is 2.23. The Morgan fingerprint density at radius 1 is 1.47 bits per heavy atom. The second-order valence-corrected chi connectivity index (χ2v) is 4.56. The molecule has 0 aliphatic rings. The third-order valence-electron chi connectivity index (χ3n) is 2.81. The van der Waals surface area contributed by atoms with Crippen molar-refractivity contribution in [3.8, 4) is 0 Å². The Morgan fingerprint density at radius 3 is 2.89 bits per heavy atom. The number of hydrogen-bond donors (Lipinski definition) is 1. The van der Waals surface area contributed by atoms with Gasteiger partial charge in [0.25, 0.3) is 5.69 Å². The SMILES string of the molecule is CC(NCc1cc([N+](=O)[O-])ccc1Cl)c1ccco1. The van der Waals surface area contributed by atoms with E-state index in [1.54, 1.807) is 6.26 Å². The van der Waals surface area contributed by atoms with E-state index >= 15 is 0 Å². The lowest BCUT2D eigenvalue weighted by molar-refractivity contribution is -0.384. The summed E-state index contributed by atoms with van der Waals surface area (Å²) in [7, 11) is 0. The predicted octanol–water partition coefficient (Wildman–Crippen LogP) is 3.69. The van der Waals surface area contributed by atoms with Gasteiger partial charge in [-0.05, 0) is 30.7 Å². The standard InChI is InChI=1S/C13H13ClN2O3/c1-9(13-3-2-6-19-13)15-8-10-7-11(16(17)18)4-5-12(10)14/h2-7,9,15H,8H2,1H3. The summed E-state index contributed by atoms with van der Waals surface area (Å²) in [6.07, 6.45) is 1.61. The van der Waals surface area contributed by atoms with E-state index in [4.69, 9.17) is 16.0 Å². The number of nitro benzene ring substituents is 1. The first-order valence-electron chi connectivity index (χ1n) is 5.77. The van der Waals surface area contributed by atoms with Gasteiger partial charge in [0.1, 0.15) is 5.76 Å². The van der Waals surface area contributed by atoms with Crippen LogP contribution >= 0.6 is 11.6 Å². The highest BCUT2D eigenvalue weighted by atomic mass is 35.5. The first-order valence-corrected chi connectivity index (χ1v) is 6.15. The quantitative estimate of drug-likeness (QED) is 0.670. The smallest absolute Gasteiger partial charge is 0.269 e. The highest BCUT2D eigenvalue weighted by Gasteiger charge is 2.12. The van der Waals surface area contributed by atoms with Crippen molar-refractivity contribution in [2.45, 2.75) is 19.5 Å². The van der Waals surface area contributed by atoms with Gasteiger partial charge < -0.3 is 9.73 Å². The van der Waals surface area contributed by atoms with E-state index in [0.29, 0.717) is 17.1 Å². The van der Waals surface area contributed by atoms with Crippen molar-refractivity contribution >= 4 is 17.3 Å². The van der Waals surface area contributed by atoms with Gasteiger partial charge in [0.15, 0.2) is 0 Å². The van der Waals surface area contributed by atoms with Crippen molar-refractivity contribution in [1.29, 1.82) is 0 Å². The number of nitro groups is 1. The topological polar surface area (TPSA) is 68.3 Å². The van der Waals surface area contributed by atoms with E-state index in [9.17, 15) is 10.1 Å². The second-order valence-electron chi connectivity index (χ2n) is 4.15. The summed E-state index contributed by atoms with van der Waals surface area (Å²) in [5.41, 5.74) is 0.723. The summed E-state index contributed by atoms with van der Waals surface area (Å²) in [4.78, 5) is 10.3. The summed E-state index contributed by atoms with van der Waals surface area (Å²) < 4.78 is 5.27. The zero-order valence-corrected chi connectivity index (χ0v) is 11.1. The summed E-state index contributed by atoms with van der Waals surface area (Å²) in [5, 5.41) is 14.4. The lowest BCUT2D eigenvalue weighted by Crippen LogP contribution is -2.17. The Bertz CT molecular complexity index is 569. The molecule has 0 spiro atoms. The Hall–Kier alpha value is -1.85. The van der Waals surface area contributed by atoms with Crippen molar-refractivity contribution in [3.63, 3.8) is 0 Å². The monoisotopic (exact) mass is 280 g/mol. The summed E-state index contributed by atoms with van der Waals surface area (Å²) in [6.45, 7) is 2.38. The summed E-state index contributed by atoms with van der Waals surface area (Å²) >= 11 is 6.02. The van der Waals surface area contributed by atoms with Crippen molar-refractivity contribution < 1.29 is 9.34 Å². The molecule has 0 amide bonds. The van der Waals surface area contributed by atoms with Crippen LogP contribution in [0.15, 0.2) is 41.0 Å². The molecule has 0 saturated carbocycles. The van der Waals surface area contributed by atoms with Crippen molar-refractivity contribution in [3.05, 3.63) is 63.1 Å². The zero-order valence-electron chi connectivity index (χ0n) is 10.3. The van der Waals surface area contributed by atoms with Crippen LogP contribution in [0, 0.1) is 10.1 Å². The van der Waals surface area contributed by atoms with Crippen LogP contribution in [0.3, 0.4) is 0 Å². The van der Waals surface area contributed by atoms with Crippen molar-refractivity contribution in [2.75, 3.05) is 0 Å². The minimum absolute atomic E-state index is 0.00493. The van der Waals surface area contributed by atoms with E-state index in [2.05, 4.69) is 5.32 Å². The average Bonchev–Trinajstić information content (AvgIpc) is 2.91. The zero-order chi connectivity index (χ0) is 13.8. The van der Waals surface area contributed by atoms with E-state index in [1.165, 1.54) is 18.2 Å². The molecule has 0 bridgehead atoms. The molecule has 0 saturated heterocycles. The molecule has 1 N–H and O–H groups in total. The third kappa shape index (κ3) is 3.33. The van der Waals surface area contributed by atoms with Gasteiger partial charge in [0, 0.05) is 23.7 Å². The number of hydrogen-bond acceptors (Lipinski definition) is 4. The summed E-state index contributed by atoms with van der Waals surface area (Å²) in [5.74, 6) is 0.807. The molecule has 0 radical (unpaired) electrons. The lowest BCUT2D eigenvalue weighted by atomic mass is 10.1. The molecule has 0 aliphatic heterocycles. The maximum Gasteiger partial charge on any atom is 0.269 e. The van der Waals surface area contributed by atoms with E-state index in [0.717, 1.165) is 5.76 Å². The number of benzene rings is 1. The molecule has 5 nitrogen and oxygen atoms in total. The normalized spacial score (nSPS) is 12.3. The molecule has 6 heteroatoms. The van der Waals surface area contributed by atoms with Crippen LogP contribution in [-0.4, -0.2) is 4.92 Å². The molecule has 1 unspecified atom stereocenters. The van der Waals surface area contributed by atoms with Gasteiger partial charge in [-0.15, -0.1) is 0 Å². The van der Waals surface area contributed by atoms with Gasteiger partial charge in [0.05, 0.1) is 17.2 Å². The predicted molar refractivity (Wildman–Crippen MR) is 72.1 cm³/mol. The van der Waals surface area contributed by atoms with Gasteiger partial charge in [-0.1, -0.05) is 11.6 Å². The van der Waals surface area contributed by atoms with Gasteiger partial charge in [-0.2, -0.15) is 0 Å². The molecular weight excluding hydrogens is 268 g/mol. The van der Waals surface area contributed by atoms with Gasteiger partial charge in [0.2, 0.25) is 0 Å². The molecule has 1 aromatic heterocycles. The van der Waals surface area contributed by atoms with E-state index in [-0.39, 0.29) is 11.7 Å². The Labute approximate surface area is 115 Å². The van der Waals surface area contributed by atoms with Crippen molar-refractivity contribution in [2.24, 2.45) is 0 Å². The Balaban J connectivity index is 2.06. The molecule has 0 fully saturated rings. The number of halogens is 1. The molecule has 0 aliphatic carbocycles. The third-order valence-corrected chi connectivity index (χ3v) is 3.18. The minimum Gasteiger partial charge on any atom is -0.468 e. The second kappa shape index (κ2) is 5.86. The lowest BCUT2D eigenvalue weighted by Gasteiger charge is -2.12. The molecule has 2 rings (SSSR count). The minimum atomic E-state index is -0.435. The van der Waals surface area contributed by atoms with Crippen LogP contribution in [0.4, 0.5) is 5.69 Å². The molecule has 1 heterocycles. The van der Waals surface area contributed by atoms with Crippen LogP contribution in [-0.2, 0) is 6.54 Å². The molecule has 1 atom stereocenters. The Kier molecular flexibility index (Phi) is 4.19. The number of furan rings is 1. The first kappa shape index (κ1) is 13.6. The van der Waals surface area contributed by atoms with Crippen LogP contribution in [0.1, 0.15) is 24.3 Å². The first-order chi connectivity index (χ1) is 9.08. The van der Waals surface area contributed by atoms with Gasteiger partial charge in [-0.25, -0.2) is 0 Å². The van der Waals surface area contributed by atoms with E-state index in [1.807, 2.05) is 19.1 Å². The molecule has 19 heavy (non-hydrogen) atoms.